The molecule has 0 unspecified atom stereocenters. The summed E-state index contributed by atoms with van der Waals surface area (Å²) in [5, 5.41) is 0. The minimum atomic E-state index is -0.0955. The lowest BCUT2D eigenvalue weighted by Crippen LogP contribution is -2.01. The van der Waals surface area contributed by atoms with E-state index in [9.17, 15) is 4.79 Å². The van der Waals surface area contributed by atoms with E-state index < -0.39 is 0 Å². The van der Waals surface area contributed by atoms with Crippen LogP contribution in [0.2, 0.25) is 0 Å². The second-order valence-corrected chi connectivity index (χ2v) is 4.13. The molecule has 2 rings (SSSR count). The number of ether oxygens (including phenoxy) is 1. The van der Waals surface area contributed by atoms with Gasteiger partial charge in [-0.25, -0.2) is 0 Å². The molecule has 0 amide bonds. The molecular formula is C15H13ClO2. The molecule has 2 aromatic rings. The number of ketones is 1. The second kappa shape index (κ2) is 6.22. The Morgan fingerprint density at radius 1 is 1.06 bits per heavy atom. The minimum absolute atomic E-state index is 0.0118. The van der Waals surface area contributed by atoms with Gasteiger partial charge in [0.25, 0.3) is 0 Å². The molecule has 2 nitrogen and oxygen atoms in total. The van der Waals surface area contributed by atoms with Gasteiger partial charge in [-0.2, -0.15) is 0 Å². The maximum Gasteiger partial charge on any atom is 0.177 e. The van der Waals surface area contributed by atoms with Crippen LogP contribution in [-0.4, -0.2) is 11.7 Å². The Morgan fingerprint density at radius 3 is 2.56 bits per heavy atom. The molecule has 0 aliphatic carbocycles. The molecule has 3 heteroatoms. The summed E-state index contributed by atoms with van der Waals surface area (Å²) < 4.78 is 5.63. The van der Waals surface area contributed by atoms with E-state index in [1.165, 1.54) is 0 Å². The summed E-state index contributed by atoms with van der Waals surface area (Å²) in [5.74, 6) is 0.568. The summed E-state index contributed by atoms with van der Waals surface area (Å²) in [7, 11) is 0. The largest absolute Gasteiger partial charge is 0.489 e. The summed E-state index contributed by atoms with van der Waals surface area (Å²) in [5.41, 5.74) is 1.67. The minimum Gasteiger partial charge on any atom is -0.489 e. The first-order chi connectivity index (χ1) is 8.79. The second-order valence-electron chi connectivity index (χ2n) is 3.86. The highest BCUT2D eigenvalue weighted by atomic mass is 35.5. The predicted octanol–water partition coefficient (Wildman–Crippen LogP) is 3.69. The van der Waals surface area contributed by atoms with Crippen molar-refractivity contribution in [3.05, 3.63) is 65.7 Å². The first-order valence-corrected chi connectivity index (χ1v) is 6.19. The zero-order chi connectivity index (χ0) is 12.8. The highest BCUT2D eigenvalue weighted by Crippen LogP contribution is 2.16. The first kappa shape index (κ1) is 12.7. The Kier molecular flexibility index (Phi) is 4.37. The van der Waals surface area contributed by atoms with Crippen LogP contribution >= 0.6 is 11.6 Å². The fraction of sp³-hybridized carbons (Fsp3) is 0.133. The summed E-state index contributed by atoms with van der Waals surface area (Å²) in [6.07, 6.45) is 0. The van der Waals surface area contributed by atoms with Gasteiger partial charge in [0.05, 0.1) is 5.88 Å². The summed E-state index contributed by atoms with van der Waals surface area (Å²) in [4.78, 5) is 11.5. The van der Waals surface area contributed by atoms with Crippen LogP contribution in [0.3, 0.4) is 0 Å². The van der Waals surface area contributed by atoms with Crippen LogP contribution in [0.4, 0.5) is 0 Å². The number of hydrogen-bond acceptors (Lipinski definition) is 2. The van der Waals surface area contributed by atoms with Crippen LogP contribution in [0.25, 0.3) is 0 Å². The van der Waals surface area contributed by atoms with Gasteiger partial charge in [-0.1, -0.05) is 42.5 Å². The Labute approximate surface area is 111 Å². The molecule has 0 saturated carbocycles. The third-order valence-electron chi connectivity index (χ3n) is 2.53. The van der Waals surface area contributed by atoms with Gasteiger partial charge in [-0.15, -0.1) is 11.6 Å². The number of Topliss-reactive ketones (excluding diaryl/α,β-unsaturated/α-hetero) is 1. The van der Waals surface area contributed by atoms with Crippen molar-refractivity contribution < 1.29 is 9.53 Å². The Morgan fingerprint density at radius 2 is 1.83 bits per heavy atom. The molecule has 0 aliphatic rings. The first-order valence-electron chi connectivity index (χ1n) is 5.65. The molecule has 0 N–H and O–H groups in total. The Balaban J connectivity index is 2.04. The number of carbonyl (C=O) groups excluding carboxylic acids is 1. The van der Waals surface area contributed by atoms with E-state index in [2.05, 4.69) is 0 Å². The molecule has 0 fully saturated rings. The standard InChI is InChI=1S/C15H13ClO2/c16-10-15(17)13-7-4-8-14(9-13)18-11-12-5-2-1-3-6-12/h1-9H,10-11H2. The van der Waals surface area contributed by atoms with Gasteiger partial charge in [0.15, 0.2) is 5.78 Å². The molecule has 2 aromatic carbocycles. The topological polar surface area (TPSA) is 26.3 Å². The van der Waals surface area contributed by atoms with Gasteiger partial charge in [0.2, 0.25) is 0 Å². The van der Waals surface area contributed by atoms with Crippen molar-refractivity contribution in [1.82, 2.24) is 0 Å². The van der Waals surface area contributed by atoms with E-state index in [1.807, 2.05) is 36.4 Å². The summed E-state index contributed by atoms with van der Waals surface area (Å²) >= 11 is 5.52. The maximum atomic E-state index is 11.5. The van der Waals surface area contributed by atoms with Gasteiger partial charge >= 0.3 is 0 Å². The van der Waals surface area contributed by atoms with Crippen molar-refractivity contribution in [3.8, 4) is 5.75 Å². The number of alkyl halides is 1. The third kappa shape index (κ3) is 3.34. The Hall–Kier alpha value is -1.80. The van der Waals surface area contributed by atoms with Crippen molar-refractivity contribution in [2.45, 2.75) is 6.61 Å². The van der Waals surface area contributed by atoms with E-state index in [0.717, 1.165) is 5.56 Å². The Bertz CT molecular complexity index is 523. The lowest BCUT2D eigenvalue weighted by Gasteiger charge is -2.07. The van der Waals surface area contributed by atoms with Gasteiger partial charge < -0.3 is 4.74 Å². The molecule has 0 aromatic heterocycles. The third-order valence-corrected chi connectivity index (χ3v) is 2.77. The van der Waals surface area contributed by atoms with Crippen molar-refractivity contribution in [3.63, 3.8) is 0 Å². The van der Waals surface area contributed by atoms with Gasteiger partial charge in [-0.3, -0.25) is 4.79 Å². The van der Waals surface area contributed by atoms with Crippen molar-refractivity contribution >= 4 is 17.4 Å². The lowest BCUT2D eigenvalue weighted by molar-refractivity contribution is 0.102. The molecule has 18 heavy (non-hydrogen) atoms. The lowest BCUT2D eigenvalue weighted by atomic mass is 10.1. The van der Waals surface area contributed by atoms with Crippen LogP contribution in [0.15, 0.2) is 54.6 Å². The molecule has 0 aliphatic heterocycles. The van der Waals surface area contributed by atoms with Crippen molar-refractivity contribution in [1.29, 1.82) is 0 Å². The zero-order valence-corrected chi connectivity index (χ0v) is 10.6. The highest BCUT2D eigenvalue weighted by molar-refractivity contribution is 6.30. The zero-order valence-electron chi connectivity index (χ0n) is 9.80. The number of carbonyl (C=O) groups is 1. The van der Waals surface area contributed by atoms with E-state index in [4.69, 9.17) is 16.3 Å². The smallest absolute Gasteiger partial charge is 0.177 e. The molecule has 92 valence electrons. The molecule has 0 atom stereocenters. The normalized spacial score (nSPS) is 10.1. The average Bonchev–Trinajstić information content (AvgIpc) is 2.45. The maximum absolute atomic E-state index is 11.5. The van der Waals surface area contributed by atoms with E-state index in [0.29, 0.717) is 17.9 Å². The van der Waals surface area contributed by atoms with Crippen LogP contribution in [-0.2, 0) is 6.61 Å². The van der Waals surface area contributed by atoms with Crippen LogP contribution < -0.4 is 4.74 Å². The predicted molar refractivity (Wildman–Crippen MR) is 72.3 cm³/mol. The fourth-order valence-electron chi connectivity index (χ4n) is 1.58. The highest BCUT2D eigenvalue weighted by Gasteiger charge is 2.05. The molecule has 0 radical (unpaired) electrons. The molecule has 0 heterocycles. The number of halogens is 1. The quantitative estimate of drug-likeness (QED) is 0.605. The van der Waals surface area contributed by atoms with E-state index >= 15 is 0 Å². The molecule has 0 spiro atoms. The van der Waals surface area contributed by atoms with Gasteiger partial charge in [0.1, 0.15) is 12.4 Å². The number of rotatable bonds is 5. The van der Waals surface area contributed by atoms with Crippen LogP contribution in [0.1, 0.15) is 15.9 Å². The van der Waals surface area contributed by atoms with Crippen molar-refractivity contribution in [2.75, 3.05) is 5.88 Å². The summed E-state index contributed by atoms with van der Waals surface area (Å²) in [6.45, 7) is 0.485. The fourth-order valence-corrected chi connectivity index (χ4v) is 1.73. The van der Waals surface area contributed by atoms with Gasteiger partial charge in [-0.05, 0) is 17.7 Å². The molecule has 0 bridgehead atoms. The van der Waals surface area contributed by atoms with E-state index in [1.54, 1.807) is 18.2 Å². The number of benzene rings is 2. The van der Waals surface area contributed by atoms with Gasteiger partial charge in [0, 0.05) is 5.56 Å². The molecular weight excluding hydrogens is 248 g/mol. The van der Waals surface area contributed by atoms with E-state index in [-0.39, 0.29) is 11.7 Å². The average molecular weight is 261 g/mol. The van der Waals surface area contributed by atoms with Crippen LogP contribution in [0.5, 0.6) is 5.75 Å². The monoisotopic (exact) mass is 260 g/mol. The molecule has 0 saturated heterocycles. The summed E-state index contributed by atoms with van der Waals surface area (Å²) in [6, 6.07) is 16.9. The van der Waals surface area contributed by atoms with Crippen molar-refractivity contribution in [2.24, 2.45) is 0 Å². The SMILES string of the molecule is O=C(CCl)c1cccc(OCc2ccccc2)c1. The van der Waals surface area contributed by atoms with Crippen LogP contribution in [0, 0.1) is 0 Å². The number of hydrogen-bond donors (Lipinski definition) is 0.